The van der Waals surface area contributed by atoms with Gasteiger partial charge >= 0.3 is 0 Å². The number of nitrogens with zero attached hydrogens (tertiary/aromatic N) is 4. The van der Waals surface area contributed by atoms with Gasteiger partial charge in [0.15, 0.2) is 28.8 Å². The van der Waals surface area contributed by atoms with E-state index in [1.807, 2.05) is 24.3 Å². The zero-order chi connectivity index (χ0) is 26.0. The summed E-state index contributed by atoms with van der Waals surface area (Å²) in [4.78, 5) is 27.0. The number of anilines is 6. The summed E-state index contributed by atoms with van der Waals surface area (Å²) in [7, 11) is 0. The molecule has 1 atom stereocenters. The Morgan fingerprint density at radius 1 is 1.19 bits per heavy atom. The lowest BCUT2D eigenvalue weighted by atomic mass is 10.1. The second-order valence-corrected chi connectivity index (χ2v) is 9.25. The number of hydrogen-bond acceptors (Lipinski definition) is 10. The van der Waals surface area contributed by atoms with E-state index in [0.29, 0.717) is 25.3 Å². The van der Waals surface area contributed by atoms with Crippen LogP contribution in [0.3, 0.4) is 0 Å². The zero-order valence-corrected chi connectivity index (χ0v) is 20.5. The number of carbonyl (C=O) groups excluding carboxylic acids is 1. The number of aliphatic hydroxyl groups is 1. The normalized spacial score (nSPS) is 18.4. The Kier molecular flexibility index (Phi) is 6.76. The van der Waals surface area contributed by atoms with Crippen LogP contribution in [0.25, 0.3) is 0 Å². The van der Waals surface area contributed by atoms with E-state index in [0.717, 1.165) is 24.1 Å². The van der Waals surface area contributed by atoms with Crippen LogP contribution in [-0.2, 0) is 9.53 Å². The number of ether oxygens (including phenoxy) is 2. The summed E-state index contributed by atoms with van der Waals surface area (Å²) in [6.45, 7) is 5.52. The summed E-state index contributed by atoms with van der Waals surface area (Å²) in [5, 5.41) is 17.8. The smallest absolute Gasteiger partial charge is 0.269 e. The highest BCUT2D eigenvalue weighted by atomic mass is 19.1. The number of rotatable bonds is 7. The highest BCUT2D eigenvalue weighted by Gasteiger charge is 2.36. The molecule has 12 heteroatoms. The van der Waals surface area contributed by atoms with Gasteiger partial charge in [-0.25, -0.2) is 14.4 Å². The Balaban J connectivity index is 1.26. The Morgan fingerprint density at radius 2 is 2.00 bits per heavy atom. The van der Waals surface area contributed by atoms with Crippen LogP contribution in [0.5, 0.6) is 5.75 Å². The average Bonchev–Trinajstić information content (AvgIpc) is 2.88. The molecule has 0 unspecified atom stereocenters. The molecular formula is C25H28FN7O4. The third kappa shape index (κ3) is 5.54. The van der Waals surface area contributed by atoms with Crippen LogP contribution < -0.4 is 25.6 Å². The van der Waals surface area contributed by atoms with Gasteiger partial charge in [-0.1, -0.05) is 0 Å². The number of aromatic nitrogens is 3. The van der Waals surface area contributed by atoms with Gasteiger partial charge in [0.1, 0.15) is 5.82 Å². The molecule has 0 bridgehead atoms. The molecule has 1 fully saturated rings. The highest BCUT2D eigenvalue weighted by Crippen LogP contribution is 2.33. The first-order valence-corrected chi connectivity index (χ1v) is 12.0. The van der Waals surface area contributed by atoms with Crippen molar-refractivity contribution in [2.24, 2.45) is 0 Å². The molecule has 37 heavy (non-hydrogen) atoms. The maximum absolute atomic E-state index is 14.5. The van der Waals surface area contributed by atoms with Crippen molar-refractivity contribution in [3.05, 3.63) is 48.4 Å². The van der Waals surface area contributed by atoms with Gasteiger partial charge in [0, 0.05) is 31.1 Å². The van der Waals surface area contributed by atoms with Crippen LogP contribution in [-0.4, -0.2) is 64.0 Å². The zero-order valence-electron chi connectivity index (χ0n) is 20.5. The summed E-state index contributed by atoms with van der Waals surface area (Å²) >= 11 is 0. The molecule has 0 aliphatic carbocycles. The predicted molar refractivity (Wildman–Crippen MR) is 136 cm³/mol. The number of carbonyl (C=O) groups is 1. The molecule has 2 aliphatic rings. The highest BCUT2D eigenvalue weighted by molar-refractivity contribution is 5.99. The molecule has 2 aromatic heterocycles. The Bertz CT molecular complexity index is 1290. The van der Waals surface area contributed by atoms with Crippen molar-refractivity contribution in [2.75, 3.05) is 47.2 Å². The van der Waals surface area contributed by atoms with Crippen molar-refractivity contribution in [3.63, 3.8) is 0 Å². The topological polar surface area (TPSA) is 134 Å². The van der Waals surface area contributed by atoms with Crippen molar-refractivity contribution in [1.29, 1.82) is 0 Å². The summed E-state index contributed by atoms with van der Waals surface area (Å²) in [5.41, 5.74) is 0.763. The molecule has 1 amide bonds. The first kappa shape index (κ1) is 24.7. The largest absolute Gasteiger partial charge is 0.474 e. The number of hydrogen-bond donors (Lipinski definition) is 4. The third-order valence-corrected chi connectivity index (χ3v) is 6.07. The van der Waals surface area contributed by atoms with Gasteiger partial charge in [0.05, 0.1) is 18.9 Å². The van der Waals surface area contributed by atoms with E-state index >= 15 is 0 Å². The molecule has 5 rings (SSSR count). The average molecular weight is 510 g/mol. The first-order valence-electron chi connectivity index (χ1n) is 12.0. The quantitative estimate of drug-likeness (QED) is 0.376. The van der Waals surface area contributed by atoms with Crippen molar-refractivity contribution in [1.82, 2.24) is 15.0 Å². The number of amides is 1. The van der Waals surface area contributed by atoms with Crippen LogP contribution in [0.4, 0.5) is 39.2 Å². The van der Waals surface area contributed by atoms with Crippen LogP contribution in [0.2, 0.25) is 0 Å². The van der Waals surface area contributed by atoms with E-state index in [4.69, 9.17) is 9.47 Å². The second kappa shape index (κ2) is 10.1. The molecule has 2 aliphatic heterocycles. The number of pyridine rings is 1. The third-order valence-electron chi connectivity index (χ3n) is 6.07. The maximum Gasteiger partial charge on any atom is 0.269 e. The molecule has 1 aromatic carbocycles. The van der Waals surface area contributed by atoms with Crippen LogP contribution in [0.15, 0.2) is 42.6 Å². The molecule has 4 heterocycles. The fourth-order valence-corrected chi connectivity index (χ4v) is 4.06. The summed E-state index contributed by atoms with van der Waals surface area (Å²) in [6, 6.07) is 11.0. The lowest BCUT2D eigenvalue weighted by Gasteiger charge is -2.34. The minimum Gasteiger partial charge on any atom is -0.474 e. The molecule has 4 N–H and O–H groups in total. The predicted octanol–water partition coefficient (Wildman–Crippen LogP) is 3.20. The molecule has 11 nitrogen and oxygen atoms in total. The lowest BCUT2D eigenvalue weighted by molar-refractivity contribution is -0.129. The van der Waals surface area contributed by atoms with Gasteiger partial charge in [0.2, 0.25) is 5.95 Å². The van der Waals surface area contributed by atoms with Gasteiger partial charge in [-0.2, -0.15) is 4.98 Å². The van der Waals surface area contributed by atoms with E-state index in [2.05, 4.69) is 35.8 Å². The first-order chi connectivity index (χ1) is 17.8. The SMILES string of the molecule is CC1(C)Oc2ccc(Nc3nc(Nc4ccc(N5CCO[C@H](CCO)C5)cc4)ncc3F)nc2NC1=O. The molecular weight excluding hydrogens is 481 g/mol. The lowest BCUT2D eigenvalue weighted by Crippen LogP contribution is -2.46. The number of morpholine rings is 1. The fourth-order valence-electron chi connectivity index (χ4n) is 4.06. The number of fused-ring (bicyclic) bond motifs is 1. The van der Waals surface area contributed by atoms with Gasteiger partial charge in [-0.05, 0) is 56.7 Å². The van der Waals surface area contributed by atoms with Crippen molar-refractivity contribution >= 4 is 40.7 Å². The number of nitrogens with one attached hydrogen (secondary N) is 3. The van der Waals surface area contributed by atoms with Gasteiger partial charge < -0.3 is 35.4 Å². The van der Waals surface area contributed by atoms with E-state index in [1.165, 1.54) is 0 Å². The monoisotopic (exact) mass is 509 g/mol. The van der Waals surface area contributed by atoms with Gasteiger partial charge in [-0.3, -0.25) is 4.79 Å². The standard InChI is InChI=1S/C25H28FN7O4/c1-25(2)23(35)31-22-19(37-25)7-8-20(30-22)29-21-18(26)13-27-24(32-21)28-15-3-5-16(6-4-15)33-10-12-36-17(14-33)9-11-34/h3-8,13,17,34H,9-12,14H2,1-2H3,(H3,27,28,29,30,31,32,35)/t17-/m1/s1. The Hall–Kier alpha value is -4.03. The van der Waals surface area contributed by atoms with E-state index in [9.17, 15) is 14.3 Å². The number of benzene rings is 1. The van der Waals surface area contributed by atoms with Crippen molar-refractivity contribution in [2.45, 2.75) is 32.0 Å². The number of halogens is 1. The van der Waals surface area contributed by atoms with Crippen LogP contribution in [0, 0.1) is 5.82 Å². The molecule has 0 radical (unpaired) electrons. The minimum atomic E-state index is -1.01. The van der Waals surface area contributed by atoms with Gasteiger partial charge in [-0.15, -0.1) is 0 Å². The fraction of sp³-hybridized carbons (Fsp3) is 0.360. The molecule has 1 saturated heterocycles. The summed E-state index contributed by atoms with van der Waals surface area (Å²) < 4.78 is 25.8. The van der Waals surface area contributed by atoms with Crippen LogP contribution >= 0.6 is 0 Å². The van der Waals surface area contributed by atoms with E-state index < -0.39 is 11.4 Å². The van der Waals surface area contributed by atoms with Crippen molar-refractivity contribution < 1.29 is 23.8 Å². The Morgan fingerprint density at radius 3 is 2.78 bits per heavy atom. The van der Waals surface area contributed by atoms with Crippen molar-refractivity contribution in [3.8, 4) is 5.75 Å². The summed E-state index contributed by atoms with van der Waals surface area (Å²) in [5.74, 6) is 0.0756. The summed E-state index contributed by atoms with van der Waals surface area (Å²) in [6.07, 6.45) is 1.68. The molecule has 0 spiro atoms. The second-order valence-electron chi connectivity index (χ2n) is 9.25. The molecule has 194 valence electrons. The minimum absolute atomic E-state index is 0.00957. The molecule has 3 aromatic rings. The van der Waals surface area contributed by atoms with Crippen LogP contribution in [0.1, 0.15) is 20.3 Å². The molecule has 0 saturated carbocycles. The van der Waals surface area contributed by atoms with E-state index in [-0.39, 0.29) is 42.0 Å². The Labute approximate surface area is 213 Å². The van der Waals surface area contributed by atoms with Gasteiger partial charge in [0.25, 0.3) is 5.91 Å². The maximum atomic E-state index is 14.5. The van der Waals surface area contributed by atoms with E-state index in [1.54, 1.807) is 26.0 Å². The number of aliphatic hydroxyl groups excluding tert-OH is 1.